The predicted molar refractivity (Wildman–Crippen MR) is 130 cm³/mol. The van der Waals surface area contributed by atoms with Crippen molar-refractivity contribution in [2.75, 3.05) is 13.2 Å². The van der Waals surface area contributed by atoms with E-state index in [4.69, 9.17) is 13.9 Å². The summed E-state index contributed by atoms with van der Waals surface area (Å²) in [6.07, 6.45) is 7.04. The lowest BCUT2D eigenvalue weighted by molar-refractivity contribution is 0.0734. The van der Waals surface area contributed by atoms with Crippen LogP contribution >= 0.6 is 0 Å². The molecule has 170 valence electrons. The van der Waals surface area contributed by atoms with E-state index in [1.165, 1.54) is 31.2 Å². The molecule has 0 amide bonds. The maximum absolute atomic E-state index is 12.4. The number of unbranched alkanes of at least 4 members (excludes halogenated alkanes) is 3. The van der Waals surface area contributed by atoms with E-state index < -0.39 is 8.32 Å². The van der Waals surface area contributed by atoms with E-state index in [1.54, 1.807) is 12.1 Å². The van der Waals surface area contributed by atoms with Crippen molar-refractivity contribution in [3.8, 4) is 11.5 Å². The fourth-order valence-electron chi connectivity index (χ4n) is 3.48. The Labute approximate surface area is 189 Å². The molecule has 0 bridgehead atoms. The van der Waals surface area contributed by atoms with Crippen LogP contribution in [0.1, 0.15) is 61.9 Å². The van der Waals surface area contributed by atoms with Gasteiger partial charge in [-0.25, -0.2) is 4.79 Å². The predicted octanol–water partition coefficient (Wildman–Crippen LogP) is 7.04. The highest BCUT2D eigenvalue weighted by Crippen LogP contribution is 2.19. The van der Waals surface area contributed by atoms with E-state index in [2.05, 4.69) is 20.0 Å². The number of hydrogen-bond acceptors (Lipinski definition) is 4. The van der Waals surface area contributed by atoms with Crippen LogP contribution in [0.15, 0.2) is 48.5 Å². The lowest BCUT2D eigenvalue weighted by Crippen LogP contribution is -2.30. The largest absolute Gasteiger partial charge is 0.494 e. The molecule has 4 nitrogen and oxygen atoms in total. The van der Waals surface area contributed by atoms with Crippen LogP contribution in [0, 0.1) is 0 Å². The Hall–Kier alpha value is -2.11. The fourth-order valence-corrected chi connectivity index (χ4v) is 5.41. The van der Waals surface area contributed by atoms with E-state index in [0.29, 0.717) is 17.9 Å². The first-order valence-corrected chi connectivity index (χ1v) is 14.7. The summed E-state index contributed by atoms with van der Waals surface area (Å²) in [5, 5.41) is 0. The Morgan fingerprint density at radius 3 is 2.16 bits per heavy atom. The van der Waals surface area contributed by atoms with Crippen molar-refractivity contribution in [1.82, 2.24) is 0 Å². The molecule has 0 aliphatic heterocycles. The van der Waals surface area contributed by atoms with Gasteiger partial charge >= 0.3 is 5.97 Å². The summed E-state index contributed by atoms with van der Waals surface area (Å²) >= 11 is 0. The number of hydrogen-bond donors (Lipinski definition) is 0. The zero-order valence-corrected chi connectivity index (χ0v) is 20.6. The number of carbonyl (C=O) groups excluding carboxylic acids is 1. The van der Waals surface area contributed by atoms with E-state index in [-0.39, 0.29) is 5.97 Å². The van der Waals surface area contributed by atoms with Crippen LogP contribution in [0.2, 0.25) is 19.1 Å². The zero-order chi connectivity index (χ0) is 22.5. The molecule has 0 fully saturated rings. The van der Waals surface area contributed by atoms with E-state index in [9.17, 15) is 4.79 Å². The summed E-state index contributed by atoms with van der Waals surface area (Å²) in [6, 6.07) is 16.0. The Morgan fingerprint density at radius 1 is 0.839 bits per heavy atom. The van der Waals surface area contributed by atoms with E-state index >= 15 is 0 Å². The molecule has 0 aliphatic carbocycles. The van der Waals surface area contributed by atoms with Gasteiger partial charge in [-0.2, -0.15) is 0 Å². The molecule has 2 aromatic carbocycles. The van der Waals surface area contributed by atoms with Gasteiger partial charge in [0.05, 0.1) is 12.2 Å². The quantitative estimate of drug-likeness (QED) is 0.136. The number of ether oxygens (including phenoxy) is 2. The molecule has 0 saturated heterocycles. The van der Waals surface area contributed by atoms with Crippen LogP contribution in [0.3, 0.4) is 0 Å². The monoisotopic (exact) mass is 442 g/mol. The molecule has 0 aromatic heterocycles. The zero-order valence-electron chi connectivity index (χ0n) is 19.6. The molecule has 0 heterocycles. The Bertz CT molecular complexity index is 769. The maximum atomic E-state index is 12.4. The summed E-state index contributed by atoms with van der Waals surface area (Å²) < 4.78 is 17.2. The fraction of sp³-hybridized carbons (Fsp3) is 0.500. The highest BCUT2D eigenvalue weighted by Gasteiger charge is 2.20. The highest BCUT2D eigenvalue weighted by molar-refractivity contribution is 6.71. The third kappa shape index (κ3) is 9.70. The van der Waals surface area contributed by atoms with Gasteiger partial charge in [-0.05, 0) is 87.3 Å². The Morgan fingerprint density at radius 2 is 1.52 bits per heavy atom. The van der Waals surface area contributed by atoms with Crippen molar-refractivity contribution < 1.29 is 18.7 Å². The second kappa shape index (κ2) is 13.3. The van der Waals surface area contributed by atoms with Crippen LogP contribution in [0.4, 0.5) is 0 Å². The third-order valence-corrected chi connectivity index (χ3v) is 7.90. The average molecular weight is 443 g/mol. The number of rotatable bonds is 14. The van der Waals surface area contributed by atoms with Crippen molar-refractivity contribution in [2.45, 2.75) is 71.5 Å². The second-order valence-corrected chi connectivity index (χ2v) is 12.8. The van der Waals surface area contributed by atoms with Crippen LogP contribution < -0.4 is 9.47 Å². The highest BCUT2D eigenvalue weighted by atomic mass is 28.4. The topological polar surface area (TPSA) is 44.8 Å². The summed E-state index contributed by atoms with van der Waals surface area (Å²) in [7, 11) is -1.56. The van der Waals surface area contributed by atoms with Crippen molar-refractivity contribution >= 4 is 14.3 Å². The van der Waals surface area contributed by atoms with Gasteiger partial charge in [0.15, 0.2) is 8.32 Å². The van der Waals surface area contributed by atoms with Crippen LogP contribution in [0.5, 0.6) is 11.5 Å². The van der Waals surface area contributed by atoms with Crippen LogP contribution in [-0.2, 0) is 10.8 Å². The van der Waals surface area contributed by atoms with Crippen LogP contribution in [-0.4, -0.2) is 27.5 Å². The number of aryl methyl sites for hydroxylation is 1. The molecule has 5 heteroatoms. The molecule has 0 atom stereocenters. The number of benzene rings is 2. The lowest BCUT2D eigenvalue weighted by Gasteiger charge is -2.21. The van der Waals surface area contributed by atoms with Gasteiger partial charge in [0.2, 0.25) is 0 Å². The molecular weight excluding hydrogens is 404 g/mol. The molecule has 0 unspecified atom stereocenters. The van der Waals surface area contributed by atoms with E-state index in [0.717, 1.165) is 31.2 Å². The number of esters is 1. The average Bonchev–Trinajstić information content (AvgIpc) is 2.76. The van der Waals surface area contributed by atoms with Gasteiger partial charge in [0.1, 0.15) is 11.5 Å². The van der Waals surface area contributed by atoms with E-state index in [1.807, 2.05) is 43.3 Å². The minimum Gasteiger partial charge on any atom is -0.494 e. The van der Waals surface area contributed by atoms with Gasteiger partial charge in [0.25, 0.3) is 0 Å². The first-order valence-electron chi connectivity index (χ1n) is 11.6. The van der Waals surface area contributed by atoms with Crippen molar-refractivity contribution in [3.05, 3.63) is 59.7 Å². The minimum absolute atomic E-state index is 0.355. The lowest BCUT2D eigenvalue weighted by atomic mass is 10.1. The normalized spacial score (nSPS) is 11.4. The summed E-state index contributed by atoms with van der Waals surface area (Å²) in [5.74, 6) is 0.982. The summed E-state index contributed by atoms with van der Waals surface area (Å²) in [5.41, 5.74) is 1.80. The van der Waals surface area contributed by atoms with Crippen molar-refractivity contribution in [2.24, 2.45) is 0 Å². The molecule has 2 aromatic rings. The Balaban J connectivity index is 1.76. The molecule has 0 spiro atoms. The van der Waals surface area contributed by atoms with Crippen molar-refractivity contribution in [1.29, 1.82) is 0 Å². The molecular formula is C26H38O4Si. The van der Waals surface area contributed by atoms with Gasteiger partial charge in [-0.1, -0.05) is 38.3 Å². The molecule has 0 saturated carbocycles. The molecule has 2 rings (SSSR count). The molecule has 0 N–H and O–H groups in total. The van der Waals surface area contributed by atoms with Crippen molar-refractivity contribution in [3.63, 3.8) is 0 Å². The van der Waals surface area contributed by atoms with Gasteiger partial charge in [-0.3, -0.25) is 0 Å². The third-order valence-electron chi connectivity index (χ3n) is 5.27. The van der Waals surface area contributed by atoms with Gasteiger partial charge in [-0.15, -0.1) is 0 Å². The number of carbonyl (C=O) groups is 1. The molecule has 0 radical (unpaired) electrons. The SMILES string of the molecule is CCCCCCc1ccc(OC(=O)c2ccc(OCCC[Si](C)(C)OCC)cc2)cc1. The maximum Gasteiger partial charge on any atom is 0.343 e. The first-order chi connectivity index (χ1) is 14.9. The van der Waals surface area contributed by atoms with Gasteiger partial charge < -0.3 is 13.9 Å². The molecule has 0 aliphatic rings. The molecule has 31 heavy (non-hydrogen) atoms. The first kappa shape index (κ1) is 25.2. The Kier molecular flexibility index (Phi) is 10.8. The summed E-state index contributed by atoms with van der Waals surface area (Å²) in [6.45, 7) is 10.2. The second-order valence-electron chi connectivity index (χ2n) is 8.51. The minimum atomic E-state index is -1.56. The van der Waals surface area contributed by atoms with Gasteiger partial charge in [0, 0.05) is 6.61 Å². The van der Waals surface area contributed by atoms with Crippen LogP contribution in [0.25, 0.3) is 0 Å². The summed E-state index contributed by atoms with van der Waals surface area (Å²) in [4.78, 5) is 12.4. The smallest absolute Gasteiger partial charge is 0.343 e. The standard InChI is InChI=1S/C26H38O4Si/c1-5-7-8-9-11-22-12-16-25(17-13-22)30-26(27)23-14-18-24(19-15-23)28-20-10-21-31(3,4)29-6-2/h12-19H,5-11,20-21H2,1-4H3.